The maximum atomic E-state index is 5.83. The van der Waals surface area contributed by atoms with Gasteiger partial charge in [0.1, 0.15) is 0 Å². The highest BCUT2D eigenvalue weighted by Gasteiger charge is 2.25. The van der Waals surface area contributed by atoms with E-state index in [4.69, 9.17) is 10.5 Å². The molecule has 3 heteroatoms. The predicted octanol–water partition coefficient (Wildman–Crippen LogP) is 1.86. The van der Waals surface area contributed by atoms with Crippen LogP contribution in [0.1, 0.15) is 40.5 Å². The molecule has 0 bridgehead atoms. The first kappa shape index (κ1) is 13.9. The minimum atomic E-state index is -0.0265. The van der Waals surface area contributed by atoms with Crippen molar-refractivity contribution in [1.29, 1.82) is 0 Å². The van der Waals surface area contributed by atoms with E-state index in [1.54, 1.807) is 0 Å². The van der Waals surface area contributed by atoms with Gasteiger partial charge in [0.15, 0.2) is 0 Å². The molecule has 2 unspecified atom stereocenters. The SMILES string of the molecule is CC1CCN(CCOC(C)(C)C)C(CN)C1. The fourth-order valence-electron chi connectivity index (χ4n) is 2.31. The van der Waals surface area contributed by atoms with Crippen molar-refractivity contribution in [2.45, 2.75) is 52.2 Å². The van der Waals surface area contributed by atoms with Gasteiger partial charge < -0.3 is 10.5 Å². The van der Waals surface area contributed by atoms with Gasteiger partial charge in [0.25, 0.3) is 0 Å². The molecule has 1 fully saturated rings. The van der Waals surface area contributed by atoms with E-state index < -0.39 is 0 Å². The molecule has 0 saturated carbocycles. The Morgan fingerprint density at radius 2 is 2.06 bits per heavy atom. The molecule has 3 nitrogen and oxygen atoms in total. The lowest BCUT2D eigenvalue weighted by molar-refractivity contribution is -0.0227. The van der Waals surface area contributed by atoms with E-state index in [1.165, 1.54) is 19.4 Å². The number of rotatable bonds is 4. The third kappa shape index (κ3) is 4.81. The Hall–Kier alpha value is -0.120. The van der Waals surface area contributed by atoms with Crippen LogP contribution >= 0.6 is 0 Å². The van der Waals surface area contributed by atoms with E-state index >= 15 is 0 Å². The van der Waals surface area contributed by atoms with Crippen LogP contribution in [0.25, 0.3) is 0 Å². The molecular weight excluding hydrogens is 200 g/mol. The van der Waals surface area contributed by atoms with E-state index in [-0.39, 0.29) is 5.60 Å². The Kier molecular flexibility index (Phi) is 5.22. The van der Waals surface area contributed by atoms with Crippen molar-refractivity contribution in [3.63, 3.8) is 0 Å². The van der Waals surface area contributed by atoms with Crippen LogP contribution in [0.3, 0.4) is 0 Å². The highest BCUT2D eigenvalue weighted by molar-refractivity contribution is 4.80. The molecule has 1 saturated heterocycles. The summed E-state index contributed by atoms with van der Waals surface area (Å²) in [7, 11) is 0. The van der Waals surface area contributed by atoms with Gasteiger partial charge in [-0.3, -0.25) is 4.90 Å². The monoisotopic (exact) mass is 228 g/mol. The zero-order valence-corrected chi connectivity index (χ0v) is 11.3. The number of hydrogen-bond acceptors (Lipinski definition) is 3. The minimum absolute atomic E-state index is 0.0265. The summed E-state index contributed by atoms with van der Waals surface area (Å²) in [4.78, 5) is 2.49. The van der Waals surface area contributed by atoms with E-state index in [0.29, 0.717) is 6.04 Å². The smallest absolute Gasteiger partial charge is 0.0600 e. The molecule has 1 aliphatic rings. The molecule has 0 spiro atoms. The van der Waals surface area contributed by atoms with E-state index in [1.807, 2.05) is 0 Å². The van der Waals surface area contributed by atoms with Crippen LogP contribution in [0.15, 0.2) is 0 Å². The Bertz CT molecular complexity index is 201. The lowest BCUT2D eigenvalue weighted by atomic mass is 9.92. The van der Waals surface area contributed by atoms with Gasteiger partial charge in [-0.05, 0) is 46.1 Å². The van der Waals surface area contributed by atoms with Gasteiger partial charge in [-0.15, -0.1) is 0 Å². The molecule has 96 valence electrons. The molecule has 0 amide bonds. The van der Waals surface area contributed by atoms with Crippen LogP contribution in [0.5, 0.6) is 0 Å². The van der Waals surface area contributed by atoms with Crippen LogP contribution in [0.2, 0.25) is 0 Å². The maximum Gasteiger partial charge on any atom is 0.0600 e. The average molecular weight is 228 g/mol. The van der Waals surface area contributed by atoms with Crippen molar-refractivity contribution in [3.8, 4) is 0 Å². The van der Waals surface area contributed by atoms with E-state index in [9.17, 15) is 0 Å². The zero-order valence-electron chi connectivity index (χ0n) is 11.3. The van der Waals surface area contributed by atoms with Gasteiger partial charge in [-0.25, -0.2) is 0 Å². The topological polar surface area (TPSA) is 38.5 Å². The second-order valence-corrected chi connectivity index (χ2v) is 6.02. The first-order chi connectivity index (χ1) is 7.42. The second kappa shape index (κ2) is 5.99. The quantitative estimate of drug-likeness (QED) is 0.798. The van der Waals surface area contributed by atoms with Crippen molar-refractivity contribution < 1.29 is 4.74 Å². The first-order valence-corrected chi connectivity index (χ1v) is 6.50. The van der Waals surface area contributed by atoms with Gasteiger partial charge in [0.05, 0.1) is 12.2 Å². The van der Waals surface area contributed by atoms with Crippen molar-refractivity contribution in [3.05, 3.63) is 0 Å². The number of likely N-dealkylation sites (tertiary alicyclic amines) is 1. The Morgan fingerprint density at radius 1 is 1.38 bits per heavy atom. The van der Waals surface area contributed by atoms with Gasteiger partial charge in [0, 0.05) is 19.1 Å². The molecule has 0 aromatic heterocycles. The summed E-state index contributed by atoms with van der Waals surface area (Å²) in [5.74, 6) is 0.827. The molecule has 0 radical (unpaired) electrons. The average Bonchev–Trinajstić information content (AvgIpc) is 2.18. The van der Waals surface area contributed by atoms with Gasteiger partial charge in [-0.2, -0.15) is 0 Å². The largest absolute Gasteiger partial charge is 0.375 e. The summed E-state index contributed by atoms with van der Waals surface area (Å²) in [6, 6.07) is 0.562. The van der Waals surface area contributed by atoms with Crippen molar-refractivity contribution in [1.82, 2.24) is 4.90 Å². The molecular formula is C13H28N2O. The van der Waals surface area contributed by atoms with Crippen LogP contribution < -0.4 is 5.73 Å². The van der Waals surface area contributed by atoms with Crippen molar-refractivity contribution >= 4 is 0 Å². The normalized spacial score (nSPS) is 28.3. The van der Waals surface area contributed by atoms with Crippen LogP contribution in [0, 0.1) is 5.92 Å². The fraction of sp³-hybridized carbons (Fsp3) is 1.00. The van der Waals surface area contributed by atoms with Gasteiger partial charge >= 0.3 is 0 Å². The molecule has 0 aromatic rings. The van der Waals surface area contributed by atoms with Crippen LogP contribution in [-0.4, -0.2) is 42.8 Å². The Balaban J connectivity index is 2.29. The summed E-state index contributed by atoms with van der Waals surface area (Å²) >= 11 is 0. The number of nitrogens with two attached hydrogens (primary N) is 1. The molecule has 2 atom stereocenters. The molecule has 0 aromatic carbocycles. The van der Waals surface area contributed by atoms with E-state index in [0.717, 1.165) is 25.6 Å². The highest BCUT2D eigenvalue weighted by Crippen LogP contribution is 2.21. The number of hydrogen-bond donors (Lipinski definition) is 1. The molecule has 1 rings (SSSR count). The predicted molar refractivity (Wildman–Crippen MR) is 68.5 cm³/mol. The summed E-state index contributed by atoms with van der Waals surface area (Å²) in [5.41, 5.74) is 5.80. The highest BCUT2D eigenvalue weighted by atomic mass is 16.5. The number of piperidine rings is 1. The number of ether oxygens (including phenoxy) is 1. The Morgan fingerprint density at radius 3 is 2.62 bits per heavy atom. The first-order valence-electron chi connectivity index (χ1n) is 6.50. The third-order valence-electron chi connectivity index (χ3n) is 3.29. The van der Waals surface area contributed by atoms with Gasteiger partial charge in [0.2, 0.25) is 0 Å². The van der Waals surface area contributed by atoms with Crippen molar-refractivity contribution in [2.24, 2.45) is 11.7 Å². The summed E-state index contributed by atoms with van der Waals surface area (Å²) in [6.45, 7) is 12.4. The lowest BCUT2D eigenvalue weighted by Crippen LogP contribution is -2.47. The van der Waals surface area contributed by atoms with Crippen LogP contribution in [-0.2, 0) is 4.74 Å². The molecule has 16 heavy (non-hydrogen) atoms. The molecule has 1 aliphatic heterocycles. The molecule has 2 N–H and O–H groups in total. The third-order valence-corrected chi connectivity index (χ3v) is 3.29. The van der Waals surface area contributed by atoms with E-state index in [2.05, 4.69) is 32.6 Å². The van der Waals surface area contributed by atoms with Gasteiger partial charge in [-0.1, -0.05) is 6.92 Å². The molecule has 1 heterocycles. The summed E-state index contributed by atoms with van der Waals surface area (Å²) in [6.07, 6.45) is 2.54. The minimum Gasteiger partial charge on any atom is -0.375 e. The summed E-state index contributed by atoms with van der Waals surface area (Å²) < 4.78 is 5.77. The van der Waals surface area contributed by atoms with Crippen molar-refractivity contribution in [2.75, 3.05) is 26.2 Å². The second-order valence-electron chi connectivity index (χ2n) is 6.02. The van der Waals surface area contributed by atoms with Crippen LogP contribution in [0.4, 0.5) is 0 Å². The fourth-order valence-corrected chi connectivity index (χ4v) is 2.31. The Labute approximate surface area is 100 Å². The standard InChI is InChI=1S/C13H28N2O/c1-11-5-6-15(12(9-11)10-14)7-8-16-13(2,3)4/h11-12H,5-10,14H2,1-4H3. The summed E-state index contributed by atoms with van der Waals surface area (Å²) in [5, 5.41) is 0. The number of nitrogens with zero attached hydrogens (tertiary/aromatic N) is 1. The zero-order chi connectivity index (χ0) is 12.2. The lowest BCUT2D eigenvalue weighted by Gasteiger charge is -2.38. The molecule has 0 aliphatic carbocycles. The maximum absolute atomic E-state index is 5.83.